The molecule has 3 aromatic carbocycles. The lowest BCUT2D eigenvalue weighted by atomic mass is 9.97. The summed E-state index contributed by atoms with van der Waals surface area (Å²) in [5.41, 5.74) is 7.68. The van der Waals surface area contributed by atoms with Crippen molar-refractivity contribution in [2.75, 3.05) is 12.3 Å². The average molecular weight is 395 g/mol. The first-order valence-corrected chi connectivity index (χ1v) is 9.04. The molecule has 0 amide bonds. The number of benzene rings is 3. The minimum atomic E-state index is -1.25. The Bertz CT molecular complexity index is 952. The zero-order chi connectivity index (χ0) is 20.1. The summed E-state index contributed by atoms with van der Waals surface area (Å²) in [5, 5.41) is 12.8. The van der Waals surface area contributed by atoms with E-state index in [1.807, 2.05) is 60.7 Å². The van der Waals surface area contributed by atoms with Gasteiger partial charge in [0.2, 0.25) is 0 Å². The van der Waals surface area contributed by atoms with Crippen molar-refractivity contribution in [1.82, 2.24) is 5.32 Å². The molecule has 0 radical (unpaired) electrons. The lowest BCUT2D eigenvalue weighted by Gasteiger charge is -2.20. The Morgan fingerprint density at radius 2 is 1.50 bits per heavy atom. The van der Waals surface area contributed by atoms with Crippen molar-refractivity contribution in [2.24, 2.45) is 0 Å². The minimum Gasteiger partial charge on any atom is -0.478 e. The normalized spacial score (nSPS) is 10.8. The number of carbonyl (C=O) groups excluding carboxylic acids is 1. The van der Waals surface area contributed by atoms with Crippen LogP contribution in [0.15, 0.2) is 72.8 Å². The number of hydrogen-bond acceptors (Lipinski definition) is 4. The van der Waals surface area contributed by atoms with Crippen LogP contribution in [0.4, 0.5) is 5.69 Å². The molecule has 4 N–H and O–H groups in total. The van der Waals surface area contributed by atoms with Crippen LogP contribution in [-0.2, 0) is 0 Å². The summed E-state index contributed by atoms with van der Waals surface area (Å²) in [5.74, 6) is -1.66. The molecule has 0 heterocycles. The lowest BCUT2D eigenvalue weighted by Crippen LogP contribution is -2.29. The van der Waals surface area contributed by atoms with Gasteiger partial charge in [-0.1, -0.05) is 72.3 Å². The van der Waals surface area contributed by atoms with Crippen molar-refractivity contribution >= 4 is 29.0 Å². The first-order chi connectivity index (χ1) is 13.5. The van der Waals surface area contributed by atoms with Crippen molar-refractivity contribution in [1.29, 1.82) is 0 Å². The smallest absolute Gasteiger partial charge is 0.336 e. The summed E-state index contributed by atoms with van der Waals surface area (Å²) in [7, 11) is 0. The Balaban J connectivity index is 1.89. The fourth-order valence-electron chi connectivity index (χ4n) is 3.11. The van der Waals surface area contributed by atoms with Crippen LogP contribution in [0.2, 0.25) is 5.02 Å². The molecule has 5 nitrogen and oxygen atoms in total. The van der Waals surface area contributed by atoms with Crippen LogP contribution in [-0.4, -0.2) is 23.4 Å². The summed E-state index contributed by atoms with van der Waals surface area (Å²) in [6.07, 6.45) is 0. The SMILES string of the molecule is Nc1cc(Cl)cc(C(=O)O)c1C(=O)CNC(c1ccccc1)c1ccccc1. The first kappa shape index (κ1) is 19.6. The topological polar surface area (TPSA) is 92.4 Å². The number of carboxylic acid groups (broad SMARTS) is 1. The van der Waals surface area contributed by atoms with Gasteiger partial charge in [0, 0.05) is 10.7 Å². The molecule has 28 heavy (non-hydrogen) atoms. The summed E-state index contributed by atoms with van der Waals surface area (Å²) in [4.78, 5) is 24.3. The summed E-state index contributed by atoms with van der Waals surface area (Å²) in [6, 6.07) is 21.8. The van der Waals surface area contributed by atoms with Crippen LogP contribution in [0, 0.1) is 0 Å². The number of aromatic carboxylic acids is 1. The van der Waals surface area contributed by atoms with Crippen LogP contribution < -0.4 is 11.1 Å². The minimum absolute atomic E-state index is 0.0377. The Labute approximate surface area is 167 Å². The molecule has 0 saturated carbocycles. The number of Topliss-reactive ketones (excluding diaryl/α,β-unsaturated/α-hetero) is 1. The molecule has 0 fully saturated rings. The van der Waals surface area contributed by atoms with E-state index in [9.17, 15) is 14.7 Å². The highest BCUT2D eigenvalue weighted by atomic mass is 35.5. The number of carboxylic acids is 1. The van der Waals surface area contributed by atoms with Crippen LogP contribution in [0.1, 0.15) is 37.9 Å². The second-order valence-corrected chi connectivity index (χ2v) is 6.72. The standard InChI is InChI=1S/C22H19ClN2O3/c23-16-11-17(22(27)28)20(18(24)12-16)19(26)13-25-21(14-7-3-1-4-8-14)15-9-5-2-6-10-15/h1-12,21,25H,13,24H2,(H,27,28). The first-order valence-electron chi connectivity index (χ1n) is 8.66. The second-order valence-electron chi connectivity index (χ2n) is 6.28. The van der Waals surface area contributed by atoms with Crippen LogP contribution >= 0.6 is 11.6 Å². The zero-order valence-corrected chi connectivity index (χ0v) is 15.7. The van der Waals surface area contributed by atoms with Gasteiger partial charge in [-0.25, -0.2) is 4.79 Å². The summed E-state index contributed by atoms with van der Waals surface area (Å²) < 4.78 is 0. The molecule has 3 rings (SSSR count). The molecule has 0 aliphatic heterocycles. The maximum absolute atomic E-state index is 12.8. The predicted molar refractivity (Wildman–Crippen MR) is 110 cm³/mol. The van der Waals surface area contributed by atoms with E-state index >= 15 is 0 Å². The Morgan fingerprint density at radius 3 is 2.00 bits per heavy atom. The van der Waals surface area contributed by atoms with E-state index in [-0.39, 0.29) is 34.4 Å². The van der Waals surface area contributed by atoms with Gasteiger partial charge in [-0.2, -0.15) is 0 Å². The molecule has 0 aliphatic carbocycles. The zero-order valence-electron chi connectivity index (χ0n) is 14.9. The van der Waals surface area contributed by atoms with Crippen molar-refractivity contribution in [3.8, 4) is 0 Å². The molecule has 0 spiro atoms. The number of nitrogens with one attached hydrogen (secondary N) is 1. The molecule has 3 aromatic rings. The van der Waals surface area contributed by atoms with E-state index in [4.69, 9.17) is 17.3 Å². The van der Waals surface area contributed by atoms with E-state index in [0.717, 1.165) is 11.1 Å². The van der Waals surface area contributed by atoms with E-state index in [2.05, 4.69) is 5.32 Å². The summed E-state index contributed by atoms with van der Waals surface area (Å²) in [6.45, 7) is -0.0828. The van der Waals surface area contributed by atoms with Crippen LogP contribution in [0.25, 0.3) is 0 Å². The van der Waals surface area contributed by atoms with E-state index < -0.39 is 11.8 Å². The fourth-order valence-corrected chi connectivity index (χ4v) is 3.34. The van der Waals surface area contributed by atoms with Crippen LogP contribution in [0.5, 0.6) is 0 Å². The van der Waals surface area contributed by atoms with Gasteiger partial charge in [0.25, 0.3) is 0 Å². The van der Waals surface area contributed by atoms with Gasteiger partial charge in [0.05, 0.1) is 23.7 Å². The number of anilines is 1. The molecular formula is C22H19ClN2O3. The molecule has 0 aliphatic rings. The van der Waals surface area contributed by atoms with Gasteiger partial charge in [0.15, 0.2) is 5.78 Å². The highest BCUT2D eigenvalue weighted by Gasteiger charge is 2.22. The quantitative estimate of drug-likeness (QED) is 0.413. The molecular weight excluding hydrogens is 376 g/mol. The highest BCUT2D eigenvalue weighted by molar-refractivity contribution is 6.31. The predicted octanol–water partition coefficient (Wildman–Crippen LogP) is 4.18. The van der Waals surface area contributed by atoms with E-state index in [1.54, 1.807) is 0 Å². The Morgan fingerprint density at radius 1 is 0.964 bits per heavy atom. The monoisotopic (exact) mass is 394 g/mol. The fraction of sp³-hybridized carbons (Fsp3) is 0.0909. The molecule has 0 saturated heterocycles. The maximum atomic E-state index is 12.8. The number of nitrogens with two attached hydrogens (primary N) is 1. The largest absolute Gasteiger partial charge is 0.478 e. The van der Waals surface area contributed by atoms with Crippen molar-refractivity contribution in [3.05, 3.63) is 100 Å². The van der Waals surface area contributed by atoms with Gasteiger partial charge in [-0.3, -0.25) is 10.1 Å². The van der Waals surface area contributed by atoms with Crippen molar-refractivity contribution in [3.63, 3.8) is 0 Å². The number of nitrogen functional groups attached to an aromatic ring is 1. The Kier molecular flexibility index (Phi) is 6.09. The number of rotatable bonds is 7. The molecule has 142 valence electrons. The van der Waals surface area contributed by atoms with Crippen molar-refractivity contribution in [2.45, 2.75) is 6.04 Å². The molecule has 0 unspecified atom stereocenters. The third-order valence-electron chi connectivity index (χ3n) is 4.38. The molecule has 0 aromatic heterocycles. The number of ketones is 1. The lowest BCUT2D eigenvalue weighted by molar-refractivity contribution is 0.0692. The molecule has 0 bridgehead atoms. The number of hydrogen-bond donors (Lipinski definition) is 3. The third-order valence-corrected chi connectivity index (χ3v) is 4.59. The molecule has 6 heteroatoms. The maximum Gasteiger partial charge on any atom is 0.336 e. The average Bonchev–Trinajstić information content (AvgIpc) is 2.69. The Hall–Kier alpha value is -3.15. The number of halogens is 1. The second kappa shape index (κ2) is 8.69. The molecule has 0 atom stereocenters. The van der Waals surface area contributed by atoms with E-state index in [1.165, 1.54) is 12.1 Å². The highest BCUT2D eigenvalue weighted by Crippen LogP contribution is 2.25. The van der Waals surface area contributed by atoms with Gasteiger partial charge in [-0.05, 0) is 23.3 Å². The van der Waals surface area contributed by atoms with Crippen molar-refractivity contribution < 1.29 is 14.7 Å². The number of carbonyl (C=O) groups is 2. The van der Waals surface area contributed by atoms with Gasteiger partial charge >= 0.3 is 5.97 Å². The van der Waals surface area contributed by atoms with Gasteiger partial charge < -0.3 is 10.8 Å². The summed E-state index contributed by atoms with van der Waals surface area (Å²) >= 11 is 5.89. The van der Waals surface area contributed by atoms with Gasteiger partial charge in [0.1, 0.15) is 0 Å². The van der Waals surface area contributed by atoms with Gasteiger partial charge in [-0.15, -0.1) is 0 Å². The van der Waals surface area contributed by atoms with E-state index in [0.29, 0.717) is 0 Å². The third kappa shape index (κ3) is 4.39. The van der Waals surface area contributed by atoms with Crippen LogP contribution in [0.3, 0.4) is 0 Å².